The normalized spacial score (nSPS) is 17.0. The fraction of sp³-hybridized carbons (Fsp3) is 0.323. The van der Waals surface area contributed by atoms with Crippen molar-refractivity contribution >= 4 is 41.2 Å². The van der Waals surface area contributed by atoms with Crippen LogP contribution < -0.4 is 9.47 Å². The van der Waals surface area contributed by atoms with Gasteiger partial charge in [-0.25, -0.2) is 9.59 Å². The molecule has 1 amide bonds. The number of carboxylic acids is 1. The lowest BCUT2D eigenvalue weighted by Crippen LogP contribution is -2.38. The molecule has 1 N–H and O–H groups in total. The maximum atomic E-state index is 13.8. The van der Waals surface area contributed by atoms with Gasteiger partial charge in [-0.1, -0.05) is 41.9 Å². The molecule has 0 aromatic heterocycles. The molecule has 1 heterocycles. The minimum atomic E-state index is -1.41. The predicted molar refractivity (Wildman–Crippen MR) is 156 cm³/mol. The molecule has 3 aromatic carbocycles. The smallest absolute Gasteiger partial charge is 0.415 e. The van der Waals surface area contributed by atoms with Crippen molar-refractivity contribution in [3.05, 3.63) is 87.9 Å². The van der Waals surface area contributed by atoms with E-state index in [0.717, 1.165) is 21.6 Å². The molecule has 4 rings (SSSR count). The number of aryl methyl sites for hydroxylation is 2. The third kappa shape index (κ3) is 6.45. The van der Waals surface area contributed by atoms with E-state index in [0.29, 0.717) is 22.1 Å². The summed E-state index contributed by atoms with van der Waals surface area (Å²) in [6, 6.07) is 17.9. The highest BCUT2D eigenvalue weighted by atomic mass is 35.5. The zero-order chi connectivity index (χ0) is 29.2. The van der Waals surface area contributed by atoms with Gasteiger partial charge in [0, 0.05) is 40.4 Å². The van der Waals surface area contributed by atoms with Gasteiger partial charge in [0.05, 0.1) is 0 Å². The first-order chi connectivity index (χ1) is 18.9. The second-order valence-corrected chi connectivity index (χ2v) is 11.8. The van der Waals surface area contributed by atoms with Crippen molar-refractivity contribution in [2.45, 2.75) is 44.1 Å². The summed E-state index contributed by atoms with van der Waals surface area (Å²) in [6.45, 7) is 7.16. The van der Waals surface area contributed by atoms with Gasteiger partial charge in [-0.05, 0) is 81.0 Å². The quantitative estimate of drug-likeness (QED) is 0.226. The van der Waals surface area contributed by atoms with Gasteiger partial charge in [-0.2, -0.15) is 0 Å². The third-order valence-corrected chi connectivity index (χ3v) is 8.05. The van der Waals surface area contributed by atoms with Crippen molar-refractivity contribution in [3.8, 4) is 11.5 Å². The highest BCUT2D eigenvalue weighted by molar-refractivity contribution is 7.98. The molecule has 40 heavy (non-hydrogen) atoms. The lowest BCUT2D eigenvalue weighted by atomic mass is 9.82. The van der Waals surface area contributed by atoms with E-state index in [1.54, 1.807) is 40.9 Å². The summed E-state index contributed by atoms with van der Waals surface area (Å²) in [5.41, 5.74) is 1.54. The number of hydrogen-bond acceptors (Lipinski definition) is 6. The number of halogens is 1. The molecule has 1 aliphatic rings. The maximum Gasteiger partial charge on any atom is 0.415 e. The molecule has 0 unspecified atom stereocenters. The van der Waals surface area contributed by atoms with E-state index in [1.807, 2.05) is 56.5 Å². The Balaban J connectivity index is 1.67. The zero-order valence-corrected chi connectivity index (χ0v) is 24.6. The Morgan fingerprint density at radius 2 is 1.65 bits per heavy atom. The summed E-state index contributed by atoms with van der Waals surface area (Å²) in [4.78, 5) is 41.2. The number of Topliss-reactive ketones (excluding diaryl/α,β-unsaturated/α-hetero) is 1. The first kappa shape index (κ1) is 29.5. The largest absolute Gasteiger partial charge is 0.478 e. The molecule has 3 aromatic rings. The van der Waals surface area contributed by atoms with Crippen LogP contribution in [0, 0.1) is 19.8 Å². The second kappa shape index (κ2) is 11.9. The van der Waals surface area contributed by atoms with Gasteiger partial charge < -0.3 is 19.5 Å². The molecule has 1 fully saturated rings. The highest BCUT2D eigenvalue weighted by Crippen LogP contribution is 2.39. The molecule has 1 saturated heterocycles. The Morgan fingerprint density at radius 1 is 1.00 bits per heavy atom. The Kier molecular flexibility index (Phi) is 8.80. The number of rotatable bonds is 8. The van der Waals surface area contributed by atoms with E-state index in [9.17, 15) is 19.5 Å². The second-order valence-electron chi connectivity index (χ2n) is 10.4. The van der Waals surface area contributed by atoms with Crippen molar-refractivity contribution < 1.29 is 29.0 Å². The minimum absolute atomic E-state index is 0.0571. The fourth-order valence-electron chi connectivity index (χ4n) is 4.88. The van der Waals surface area contributed by atoms with E-state index >= 15 is 0 Å². The molecule has 1 aliphatic heterocycles. The number of thioether (sulfide) groups is 1. The number of aliphatic carboxylic acids is 1. The lowest BCUT2D eigenvalue weighted by Gasteiger charge is -2.26. The van der Waals surface area contributed by atoms with Crippen molar-refractivity contribution in [1.29, 1.82) is 0 Å². The van der Waals surface area contributed by atoms with Gasteiger partial charge in [0.1, 0.15) is 11.5 Å². The molecular formula is C31H32ClNO6S. The molecule has 0 aliphatic carbocycles. The number of carboxylic acid groups (broad SMARTS) is 1. The molecule has 0 saturated carbocycles. The van der Waals surface area contributed by atoms with Crippen LogP contribution in [0.5, 0.6) is 11.5 Å². The van der Waals surface area contributed by atoms with E-state index in [1.165, 1.54) is 13.8 Å². The molecule has 9 heteroatoms. The number of carbonyl (C=O) groups excluding carboxylic acids is 2. The topological polar surface area (TPSA) is 93.1 Å². The first-order valence-corrected chi connectivity index (χ1v) is 14.4. The standard InChI is InChI=1S/C31H32ClNO6S/c1-18-13-21(14-19(2)28(18)39-31(3,4)29(35)36)25-16-33(30(37)38-23-8-6-7-22(32)15-23)17-26(25)27(34)20-9-11-24(40-5)12-10-20/h6-15,25-26H,16-17H2,1-5H3,(H,35,36)/t25-,26+/m1/s1. The van der Waals surface area contributed by atoms with Crippen LogP contribution in [0.1, 0.15) is 46.8 Å². The van der Waals surface area contributed by atoms with Gasteiger partial charge in [0.2, 0.25) is 0 Å². The van der Waals surface area contributed by atoms with Crippen LogP contribution in [0.4, 0.5) is 4.79 Å². The Hall–Kier alpha value is -3.49. The number of amides is 1. The van der Waals surface area contributed by atoms with E-state index < -0.39 is 23.6 Å². The molecule has 7 nitrogen and oxygen atoms in total. The molecule has 0 bridgehead atoms. The average Bonchev–Trinajstić information content (AvgIpc) is 3.36. The Labute approximate surface area is 243 Å². The number of carbonyl (C=O) groups is 3. The summed E-state index contributed by atoms with van der Waals surface area (Å²) in [5, 5.41) is 9.98. The summed E-state index contributed by atoms with van der Waals surface area (Å²) >= 11 is 7.65. The van der Waals surface area contributed by atoms with Crippen molar-refractivity contribution in [3.63, 3.8) is 0 Å². The van der Waals surface area contributed by atoms with Gasteiger partial charge in [0.25, 0.3) is 0 Å². The van der Waals surface area contributed by atoms with Crippen LogP contribution in [0.2, 0.25) is 5.02 Å². The SMILES string of the molecule is CSc1ccc(C(=O)[C@H]2CN(C(=O)Oc3cccc(Cl)c3)C[C@@H]2c2cc(C)c(OC(C)(C)C(=O)O)c(C)c2)cc1. The molecule has 2 atom stereocenters. The summed E-state index contributed by atoms with van der Waals surface area (Å²) in [5.74, 6) is -1.13. The van der Waals surface area contributed by atoms with Crippen LogP contribution >= 0.6 is 23.4 Å². The number of likely N-dealkylation sites (tertiary alicyclic amines) is 1. The van der Waals surface area contributed by atoms with Crippen LogP contribution in [0.25, 0.3) is 0 Å². The molecule has 0 spiro atoms. The Morgan fingerprint density at radius 3 is 2.23 bits per heavy atom. The maximum absolute atomic E-state index is 13.8. The predicted octanol–water partition coefficient (Wildman–Crippen LogP) is 7.02. The van der Waals surface area contributed by atoms with Crippen LogP contribution in [0.3, 0.4) is 0 Å². The lowest BCUT2D eigenvalue weighted by molar-refractivity contribution is -0.152. The number of nitrogens with zero attached hydrogens (tertiary/aromatic N) is 1. The first-order valence-electron chi connectivity index (χ1n) is 12.8. The van der Waals surface area contributed by atoms with Crippen molar-refractivity contribution in [2.75, 3.05) is 19.3 Å². The zero-order valence-electron chi connectivity index (χ0n) is 23.1. The van der Waals surface area contributed by atoms with E-state index in [2.05, 4.69) is 0 Å². The third-order valence-electron chi connectivity index (χ3n) is 7.07. The van der Waals surface area contributed by atoms with E-state index in [-0.39, 0.29) is 24.8 Å². The summed E-state index contributed by atoms with van der Waals surface area (Å²) in [6.07, 6.45) is 1.42. The average molecular weight is 582 g/mol. The van der Waals surface area contributed by atoms with Gasteiger partial charge in [-0.15, -0.1) is 11.8 Å². The number of ketones is 1. The Bertz CT molecular complexity index is 1410. The number of hydrogen-bond donors (Lipinski definition) is 1. The summed E-state index contributed by atoms with van der Waals surface area (Å²) in [7, 11) is 0. The molecule has 210 valence electrons. The van der Waals surface area contributed by atoms with Gasteiger partial charge in [-0.3, -0.25) is 4.79 Å². The molecular weight excluding hydrogens is 550 g/mol. The fourth-order valence-corrected chi connectivity index (χ4v) is 5.47. The van der Waals surface area contributed by atoms with E-state index in [4.69, 9.17) is 21.1 Å². The van der Waals surface area contributed by atoms with Crippen LogP contribution in [-0.4, -0.2) is 52.8 Å². The van der Waals surface area contributed by atoms with Crippen molar-refractivity contribution in [2.24, 2.45) is 5.92 Å². The highest BCUT2D eigenvalue weighted by Gasteiger charge is 2.42. The minimum Gasteiger partial charge on any atom is -0.478 e. The molecule has 0 radical (unpaired) electrons. The summed E-state index contributed by atoms with van der Waals surface area (Å²) < 4.78 is 11.5. The van der Waals surface area contributed by atoms with Gasteiger partial charge in [0.15, 0.2) is 11.4 Å². The number of benzene rings is 3. The van der Waals surface area contributed by atoms with Gasteiger partial charge >= 0.3 is 12.1 Å². The monoisotopic (exact) mass is 581 g/mol. The van der Waals surface area contributed by atoms with Crippen LogP contribution in [0.15, 0.2) is 65.6 Å². The van der Waals surface area contributed by atoms with Crippen molar-refractivity contribution in [1.82, 2.24) is 4.90 Å². The van der Waals surface area contributed by atoms with Crippen LogP contribution in [-0.2, 0) is 4.79 Å². The number of ether oxygens (including phenoxy) is 2.